The van der Waals surface area contributed by atoms with Gasteiger partial charge in [0, 0.05) is 19.3 Å². The molecule has 0 aliphatic heterocycles. The number of aliphatic hydroxyl groups is 1. The molecule has 0 aliphatic rings. The van der Waals surface area contributed by atoms with Gasteiger partial charge in [-0.1, -0.05) is 69.7 Å². The van der Waals surface area contributed by atoms with Crippen molar-refractivity contribution in [2.45, 2.75) is 115 Å². The van der Waals surface area contributed by atoms with Crippen LogP contribution in [0.4, 0.5) is 13.2 Å². The molecule has 45 heavy (non-hydrogen) atoms. The summed E-state index contributed by atoms with van der Waals surface area (Å²) in [6.07, 6.45) is 5.52. The molecule has 3 atom stereocenters. The number of alkyl halides is 3. The Morgan fingerprint density at radius 1 is 0.844 bits per heavy atom. The number of benzene rings is 1. The Morgan fingerprint density at radius 2 is 1.40 bits per heavy atom. The van der Waals surface area contributed by atoms with Crippen molar-refractivity contribution in [1.82, 2.24) is 5.32 Å². The lowest BCUT2D eigenvalue weighted by Crippen LogP contribution is -2.55. The molecule has 0 saturated heterocycles. The van der Waals surface area contributed by atoms with Crippen molar-refractivity contribution in [3.63, 3.8) is 0 Å². The van der Waals surface area contributed by atoms with E-state index in [0.717, 1.165) is 81.7 Å². The number of unbranched alkanes of at least 4 members (excludes halogenated alkanes) is 8. The number of carbonyl (C=O) groups is 5. The third kappa shape index (κ3) is 14.7. The summed E-state index contributed by atoms with van der Waals surface area (Å²) in [6, 6.07) is 1.82. The molecule has 1 amide bonds. The van der Waals surface area contributed by atoms with Gasteiger partial charge < -0.3 is 25.7 Å². The van der Waals surface area contributed by atoms with Crippen LogP contribution < -0.4 is 5.32 Å². The first kappa shape index (κ1) is 39.3. The van der Waals surface area contributed by atoms with Crippen LogP contribution in [0.3, 0.4) is 0 Å². The summed E-state index contributed by atoms with van der Waals surface area (Å²) in [7, 11) is 0. The summed E-state index contributed by atoms with van der Waals surface area (Å²) < 4.78 is 38.6. The Kier molecular flexibility index (Phi) is 17.1. The maximum atomic E-state index is 13.1. The molecule has 0 heterocycles. The van der Waals surface area contributed by atoms with E-state index in [1.807, 2.05) is 0 Å². The first-order valence-corrected chi connectivity index (χ1v) is 15.2. The third-order valence-electron chi connectivity index (χ3n) is 7.39. The Bertz CT molecular complexity index is 1150. The number of halogens is 3. The first-order chi connectivity index (χ1) is 21.1. The molecule has 1 unspecified atom stereocenters. The van der Waals surface area contributed by atoms with Crippen LogP contribution in [-0.4, -0.2) is 61.7 Å². The number of nitrogens with one attached hydrogen (secondary N) is 1. The van der Waals surface area contributed by atoms with Gasteiger partial charge >= 0.3 is 24.1 Å². The minimum absolute atomic E-state index is 0.121. The molecule has 0 radical (unpaired) electrons. The van der Waals surface area contributed by atoms with E-state index in [2.05, 4.69) is 12.2 Å². The zero-order chi connectivity index (χ0) is 34.0. The maximum absolute atomic E-state index is 13.1. The van der Waals surface area contributed by atoms with Gasteiger partial charge in [0.1, 0.15) is 11.8 Å². The van der Waals surface area contributed by atoms with Crippen molar-refractivity contribution in [3.8, 4) is 0 Å². The molecular formula is C32H44F3NO9. The predicted octanol–water partition coefficient (Wildman–Crippen LogP) is 5.55. The lowest BCUT2D eigenvalue weighted by molar-refractivity contribution is -0.172. The second-order valence-corrected chi connectivity index (χ2v) is 11.2. The first-order valence-electron chi connectivity index (χ1n) is 15.2. The smallest absolute Gasteiger partial charge is 0.416 e. The average Bonchev–Trinajstić information content (AvgIpc) is 2.95. The summed E-state index contributed by atoms with van der Waals surface area (Å²) in [5, 5.41) is 41.4. The number of carboxylic acids is 3. The fourth-order valence-electron chi connectivity index (χ4n) is 4.76. The highest BCUT2D eigenvalue weighted by Gasteiger charge is 2.49. The van der Waals surface area contributed by atoms with Crippen LogP contribution in [0.1, 0.15) is 102 Å². The Balaban J connectivity index is 2.85. The normalized spacial score (nSPS) is 14.4. The van der Waals surface area contributed by atoms with E-state index in [4.69, 9.17) is 0 Å². The van der Waals surface area contributed by atoms with Crippen LogP contribution >= 0.6 is 0 Å². The number of hydrogen-bond acceptors (Lipinski definition) is 6. The molecule has 1 rings (SSSR count). The van der Waals surface area contributed by atoms with Gasteiger partial charge in [0.2, 0.25) is 5.91 Å². The number of allylic oxidation sites excluding steroid dienone is 1. The van der Waals surface area contributed by atoms with E-state index >= 15 is 0 Å². The number of aliphatic carboxylic acids is 3. The van der Waals surface area contributed by atoms with Crippen LogP contribution in [0.25, 0.3) is 0 Å². The van der Waals surface area contributed by atoms with Gasteiger partial charge in [-0.2, -0.15) is 13.2 Å². The van der Waals surface area contributed by atoms with E-state index in [1.165, 1.54) is 6.08 Å². The van der Waals surface area contributed by atoms with Gasteiger partial charge in [-0.15, -0.1) is 0 Å². The Hall–Kier alpha value is -3.74. The van der Waals surface area contributed by atoms with E-state index < -0.39 is 66.0 Å². The highest BCUT2D eigenvalue weighted by molar-refractivity contribution is 5.94. The highest BCUT2D eigenvalue weighted by Crippen LogP contribution is 2.29. The topological polar surface area (TPSA) is 178 Å². The van der Waals surface area contributed by atoms with E-state index in [-0.39, 0.29) is 11.3 Å². The lowest BCUT2D eigenvalue weighted by atomic mass is 9.82. The van der Waals surface area contributed by atoms with Crippen LogP contribution in [0.15, 0.2) is 36.4 Å². The second kappa shape index (κ2) is 19.6. The SMILES string of the molecule is CCCCCCCC(=O)CCCCCC/C=C/[C@H](C(=O)NC(Cc1ccc(C(F)(F)F)cc1)C(=O)O)[C@@](O)(CC(=O)O)C(=O)O. The molecule has 5 N–H and O–H groups in total. The number of amides is 1. The zero-order valence-corrected chi connectivity index (χ0v) is 25.5. The molecule has 1 aromatic rings. The van der Waals surface area contributed by atoms with Gasteiger partial charge in [0.05, 0.1) is 17.9 Å². The van der Waals surface area contributed by atoms with E-state index in [1.54, 1.807) is 0 Å². The summed E-state index contributed by atoms with van der Waals surface area (Å²) in [5.41, 5.74) is -3.97. The number of carboxylic acid groups (broad SMARTS) is 3. The van der Waals surface area contributed by atoms with Crippen LogP contribution in [0, 0.1) is 5.92 Å². The van der Waals surface area contributed by atoms with Crippen molar-refractivity contribution in [1.29, 1.82) is 0 Å². The second-order valence-electron chi connectivity index (χ2n) is 11.2. The standard InChI is InChI=1S/C32H44F3NO9/c1-2-3-4-7-10-13-24(37)14-11-8-5-6-9-12-15-25(31(45,30(43)44)21-27(38)39)28(40)36-26(29(41)42)20-22-16-18-23(19-17-22)32(33,34)35/h12,15-19,25-26,45H,2-11,13-14,20-21H2,1H3,(H,36,40)(H,38,39)(H,41,42)(H,43,44)/b15-12+/t25-,26?,31+/m1/s1. The van der Waals surface area contributed by atoms with E-state index in [9.17, 15) is 57.6 Å². The molecule has 0 aliphatic carbocycles. The minimum atomic E-state index is -4.61. The molecule has 0 saturated carbocycles. The van der Waals surface area contributed by atoms with Crippen molar-refractivity contribution >= 4 is 29.6 Å². The summed E-state index contributed by atoms with van der Waals surface area (Å²) >= 11 is 0. The zero-order valence-electron chi connectivity index (χ0n) is 25.5. The van der Waals surface area contributed by atoms with E-state index in [0.29, 0.717) is 25.7 Å². The molecule has 0 bridgehead atoms. The molecule has 0 aromatic heterocycles. The third-order valence-corrected chi connectivity index (χ3v) is 7.39. The maximum Gasteiger partial charge on any atom is 0.416 e. The number of Topliss-reactive ketones (excluding diaryl/α,β-unsaturated/α-hetero) is 1. The van der Waals surface area contributed by atoms with Crippen LogP contribution in [0.5, 0.6) is 0 Å². The predicted molar refractivity (Wildman–Crippen MR) is 158 cm³/mol. The molecule has 1 aromatic carbocycles. The summed E-state index contributed by atoms with van der Waals surface area (Å²) in [5.74, 6) is -8.39. The van der Waals surface area contributed by atoms with Crippen LogP contribution in [-0.2, 0) is 36.6 Å². The minimum Gasteiger partial charge on any atom is -0.481 e. The number of hydrogen-bond donors (Lipinski definition) is 5. The molecular weight excluding hydrogens is 599 g/mol. The van der Waals surface area contributed by atoms with Gasteiger partial charge in [-0.3, -0.25) is 14.4 Å². The fraction of sp³-hybridized carbons (Fsp3) is 0.594. The van der Waals surface area contributed by atoms with Gasteiger partial charge in [-0.25, -0.2) is 9.59 Å². The van der Waals surface area contributed by atoms with Gasteiger partial charge in [-0.05, 0) is 43.4 Å². The number of carbonyl (C=O) groups excluding carboxylic acids is 2. The molecule has 0 fully saturated rings. The number of ketones is 1. The Morgan fingerprint density at radius 3 is 1.89 bits per heavy atom. The lowest BCUT2D eigenvalue weighted by Gasteiger charge is -2.29. The Labute approximate surface area is 260 Å². The monoisotopic (exact) mass is 643 g/mol. The fourth-order valence-corrected chi connectivity index (χ4v) is 4.76. The van der Waals surface area contributed by atoms with Crippen molar-refractivity contribution < 1.29 is 57.6 Å². The quantitative estimate of drug-likeness (QED) is 0.0755. The molecule has 0 spiro atoms. The molecule has 10 nitrogen and oxygen atoms in total. The number of rotatable bonds is 23. The van der Waals surface area contributed by atoms with Crippen molar-refractivity contribution in [2.24, 2.45) is 5.92 Å². The summed E-state index contributed by atoms with van der Waals surface area (Å²) in [6.45, 7) is 2.13. The molecule has 13 heteroatoms. The van der Waals surface area contributed by atoms with Crippen molar-refractivity contribution in [3.05, 3.63) is 47.5 Å². The van der Waals surface area contributed by atoms with Gasteiger partial charge in [0.25, 0.3) is 0 Å². The highest BCUT2D eigenvalue weighted by atomic mass is 19.4. The average molecular weight is 644 g/mol. The van der Waals surface area contributed by atoms with Gasteiger partial charge in [0.15, 0.2) is 5.60 Å². The van der Waals surface area contributed by atoms with Crippen molar-refractivity contribution in [2.75, 3.05) is 0 Å². The molecule has 252 valence electrons. The summed E-state index contributed by atoms with van der Waals surface area (Å²) in [4.78, 5) is 60.3. The largest absolute Gasteiger partial charge is 0.481 e. The van der Waals surface area contributed by atoms with Crippen LogP contribution in [0.2, 0.25) is 0 Å².